The molecule has 1 unspecified atom stereocenters. The number of hydrogen-bond donors (Lipinski definition) is 1. The number of nitrogens with zero attached hydrogens (tertiary/aromatic N) is 4. The first-order valence-electron chi connectivity index (χ1n) is 10.1. The number of pyridine rings is 1. The summed E-state index contributed by atoms with van der Waals surface area (Å²) in [5, 5.41) is 1.62. The maximum absolute atomic E-state index is 14.9. The van der Waals surface area contributed by atoms with Gasteiger partial charge in [-0.2, -0.15) is 0 Å². The number of rotatable bonds is 7. The van der Waals surface area contributed by atoms with Crippen LogP contribution in [-0.4, -0.2) is 49.5 Å². The Hall–Kier alpha value is -2.34. The normalized spacial score (nSPS) is 16.8. The molecule has 0 spiro atoms. The summed E-state index contributed by atoms with van der Waals surface area (Å²) in [6.07, 6.45) is 0.757. The van der Waals surface area contributed by atoms with E-state index in [0.717, 1.165) is 24.2 Å². The van der Waals surface area contributed by atoms with Gasteiger partial charge < -0.3 is 4.90 Å². The van der Waals surface area contributed by atoms with Crippen LogP contribution in [0.1, 0.15) is 17.8 Å². The summed E-state index contributed by atoms with van der Waals surface area (Å²) < 4.78 is 56.3. The number of likely N-dealkylation sites (N-methyl/N-ethyl adjacent to an activating group) is 1. The highest BCUT2D eigenvalue weighted by molar-refractivity contribution is 7.92. The summed E-state index contributed by atoms with van der Waals surface area (Å²) in [5.41, 5.74) is 2.99. The number of benzene rings is 1. The van der Waals surface area contributed by atoms with E-state index in [2.05, 4.69) is 19.6 Å². The highest BCUT2D eigenvalue weighted by atomic mass is 35.5. The van der Waals surface area contributed by atoms with E-state index in [0.29, 0.717) is 31.0 Å². The van der Waals surface area contributed by atoms with Crippen LogP contribution >= 0.6 is 22.9 Å². The Balaban J connectivity index is 1.49. The Morgan fingerprint density at radius 1 is 1.30 bits per heavy atom. The van der Waals surface area contributed by atoms with Gasteiger partial charge in [0.2, 0.25) is 0 Å². The van der Waals surface area contributed by atoms with Crippen LogP contribution in [0.25, 0.3) is 0 Å². The fourth-order valence-electron chi connectivity index (χ4n) is 3.83. The third-order valence-electron chi connectivity index (χ3n) is 5.57. The number of aryl methyl sites for hydroxylation is 1. The van der Waals surface area contributed by atoms with E-state index in [1.807, 2.05) is 11.8 Å². The summed E-state index contributed by atoms with van der Waals surface area (Å²) >= 11 is 7.59. The Morgan fingerprint density at radius 3 is 2.82 bits per heavy atom. The predicted octanol–water partition coefficient (Wildman–Crippen LogP) is 4.29. The van der Waals surface area contributed by atoms with Gasteiger partial charge in [0.25, 0.3) is 10.0 Å². The molecule has 1 aliphatic rings. The van der Waals surface area contributed by atoms with Crippen molar-refractivity contribution in [3.8, 4) is 0 Å². The van der Waals surface area contributed by atoms with Gasteiger partial charge in [0.05, 0.1) is 21.9 Å². The molecule has 176 valence electrons. The SMILES string of the molecule is Cc1ccc(F)c(CN2CCC(N(C)c3cc(F)c(S(=O)(=O)Nc4cscn4)cc3Cl)C2)n1. The molecular weight excluding hydrogens is 492 g/mol. The fraction of sp³-hybridized carbons (Fsp3) is 0.333. The summed E-state index contributed by atoms with van der Waals surface area (Å²) in [6.45, 7) is 3.51. The summed E-state index contributed by atoms with van der Waals surface area (Å²) in [4.78, 5) is 11.5. The lowest BCUT2D eigenvalue weighted by Crippen LogP contribution is -2.35. The molecule has 1 aromatic carbocycles. The number of sulfonamides is 1. The monoisotopic (exact) mass is 513 g/mol. The molecule has 2 aromatic heterocycles. The van der Waals surface area contributed by atoms with E-state index in [1.165, 1.54) is 28.3 Å². The summed E-state index contributed by atoms with van der Waals surface area (Å²) in [6, 6.07) is 5.27. The zero-order valence-electron chi connectivity index (χ0n) is 17.9. The molecule has 0 radical (unpaired) electrons. The standard InChI is InChI=1S/C21H22ClF2N5O2S2/c1-13-3-4-16(23)18(26-13)10-29-6-5-14(9-29)28(2)19-8-17(24)20(7-15(19)22)33(30,31)27-21-11-32-12-25-21/h3-4,7-8,11-12,14,27H,5-6,9-10H2,1-2H3. The van der Waals surface area contributed by atoms with E-state index < -0.39 is 20.7 Å². The minimum Gasteiger partial charge on any atom is -0.369 e. The van der Waals surface area contributed by atoms with Gasteiger partial charge in [0, 0.05) is 49.9 Å². The second-order valence-corrected chi connectivity index (χ2v) is 10.7. The van der Waals surface area contributed by atoms with Crippen molar-refractivity contribution in [3.05, 3.63) is 63.2 Å². The van der Waals surface area contributed by atoms with Crippen molar-refractivity contribution < 1.29 is 17.2 Å². The molecular formula is C21H22ClF2N5O2S2. The van der Waals surface area contributed by atoms with Gasteiger partial charge in [-0.15, -0.1) is 11.3 Å². The minimum atomic E-state index is -4.18. The highest BCUT2D eigenvalue weighted by Gasteiger charge is 2.29. The first-order valence-corrected chi connectivity index (χ1v) is 12.9. The first kappa shape index (κ1) is 23.8. The second-order valence-electron chi connectivity index (χ2n) is 7.88. The molecule has 1 N–H and O–H groups in total. The molecule has 1 saturated heterocycles. The zero-order chi connectivity index (χ0) is 23.8. The Bertz CT molecular complexity index is 1260. The van der Waals surface area contributed by atoms with Crippen molar-refractivity contribution in [2.45, 2.75) is 30.8 Å². The first-order chi connectivity index (χ1) is 15.6. The van der Waals surface area contributed by atoms with Gasteiger partial charge >= 0.3 is 0 Å². The van der Waals surface area contributed by atoms with Gasteiger partial charge in [-0.1, -0.05) is 11.6 Å². The van der Waals surface area contributed by atoms with Crippen LogP contribution in [0, 0.1) is 18.6 Å². The van der Waals surface area contributed by atoms with Gasteiger partial charge in [-0.25, -0.2) is 22.2 Å². The maximum Gasteiger partial charge on any atom is 0.266 e. The maximum atomic E-state index is 14.9. The van der Waals surface area contributed by atoms with E-state index in [-0.39, 0.29) is 22.7 Å². The summed E-state index contributed by atoms with van der Waals surface area (Å²) in [5.74, 6) is -1.14. The third kappa shape index (κ3) is 5.26. The second kappa shape index (κ2) is 9.49. The van der Waals surface area contributed by atoms with Crippen molar-refractivity contribution >= 4 is 44.5 Å². The lowest BCUT2D eigenvalue weighted by Gasteiger charge is -2.28. The molecule has 4 rings (SSSR count). The topological polar surface area (TPSA) is 78.4 Å². The van der Waals surface area contributed by atoms with E-state index in [9.17, 15) is 17.2 Å². The van der Waals surface area contributed by atoms with Crippen LogP contribution < -0.4 is 9.62 Å². The lowest BCUT2D eigenvalue weighted by molar-refractivity contribution is 0.315. The lowest BCUT2D eigenvalue weighted by atomic mass is 10.2. The molecule has 0 amide bonds. The average Bonchev–Trinajstić information content (AvgIpc) is 3.43. The Labute approximate surface area is 200 Å². The van der Waals surface area contributed by atoms with E-state index in [1.54, 1.807) is 13.1 Å². The number of anilines is 2. The van der Waals surface area contributed by atoms with Crippen LogP contribution in [-0.2, 0) is 16.6 Å². The van der Waals surface area contributed by atoms with Crippen molar-refractivity contribution in [1.82, 2.24) is 14.9 Å². The largest absolute Gasteiger partial charge is 0.369 e. The smallest absolute Gasteiger partial charge is 0.266 e. The molecule has 7 nitrogen and oxygen atoms in total. The molecule has 1 atom stereocenters. The number of halogens is 3. The minimum absolute atomic E-state index is 0.00893. The molecule has 0 aliphatic carbocycles. The number of aromatic nitrogens is 2. The van der Waals surface area contributed by atoms with Crippen LogP contribution in [0.3, 0.4) is 0 Å². The number of hydrogen-bond acceptors (Lipinski definition) is 7. The van der Waals surface area contributed by atoms with E-state index >= 15 is 0 Å². The van der Waals surface area contributed by atoms with Crippen LogP contribution in [0.2, 0.25) is 5.02 Å². The molecule has 0 bridgehead atoms. The quantitative estimate of drug-likeness (QED) is 0.508. The van der Waals surface area contributed by atoms with Crippen molar-refractivity contribution in [1.29, 1.82) is 0 Å². The molecule has 12 heteroatoms. The number of nitrogens with one attached hydrogen (secondary N) is 1. The zero-order valence-corrected chi connectivity index (χ0v) is 20.3. The Morgan fingerprint density at radius 2 is 2.09 bits per heavy atom. The molecule has 3 heterocycles. The third-order valence-corrected chi connectivity index (χ3v) is 7.83. The van der Waals surface area contributed by atoms with Crippen molar-refractivity contribution in [2.75, 3.05) is 29.8 Å². The fourth-order valence-corrected chi connectivity index (χ4v) is 5.84. The van der Waals surface area contributed by atoms with Crippen LogP contribution in [0.5, 0.6) is 0 Å². The Kier molecular flexibility index (Phi) is 6.85. The van der Waals surface area contributed by atoms with E-state index in [4.69, 9.17) is 11.6 Å². The van der Waals surface area contributed by atoms with Crippen molar-refractivity contribution in [2.24, 2.45) is 0 Å². The van der Waals surface area contributed by atoms with Gasteiger partial charge in [0.15, 0.2) is 5.82 Å². The number of likely N-dealkylation sites (tertiary alicyclic amines) is 1. The van der Waals surface area contributed by atoms with Crippen LogP contribution in [0.15, 0.2) is 40.1 Å². The average molecular weight is 514 g/mol. The van der Waals surface area contributed by atoms with Gasteiger partial charge in [0.1, 0.15) is 16.5 Å². The molecule has 33 heavy (non-hydrogen) atoms. The highest BCUT2D eigenvalue weighted by Crippen LogP contribution is 2.33. The predicted molar refractivity (Wildman–Crippen MR) is 125 cm³/mol. The molecule has 1 aliphatic heterocycles. The van der Waals surface area contributed by atoms with Gasteiger partial charge in [-0.05, 0) is 31.5 Å². The number of thiazole rings is 1. The molecule has 3 aromatic rings. The van der Waals surface area contributed by atoms with Gasteiger partial charge in [-0.3, -0.25) is 14.6 Å². The van der Waals surface area contributed by atoms with Crippen molar-refractivity contribution in [3.63, 3.8) is 0 Å². The summed E-state index contributed by atoms with van der Waals surface area (Å²) in [7, 11) is -2.40. The molecule has 0 saturated carbocycles. The molecule has 1 fully saturated rings. The van der Waals surface area contributed by atoms with Crippen LogP contribution in [0.4, 0.5) is 20.3 Å².